The first-order valence-corrected chi connectivity index (χ1v) is 7.89. The van der Waals surface area contributed by atoms with Crippen molar-refractivity contribution in [3.05, 3.63) is 59.5 Å². The van der Waals surface area contributed by atoms with Crippen molar-refractivity contribution < 1.29 is 4.42 Å². The van der Waals surface area contributed by atoms with Crippen LogP contribution in [0, 0.1) is 0 Å². The molecule has 1 heterocycles. The van der Waals surface area contributed by atoms with E-state index < -0.39 is 0 Å². The molecule has 1 aromatic carbocycles. The highest BCUT2D eigenvalue weighted by Crippen LogP contribution is 2.19. The number of rotatable bonds is 8. The molecule has 3 rings (SSSR count). The fourth-order valence-electron chi connectivity index (χ4n) is 2.55. The summed E-state index contributed by atoms with van der Waals surface area (Å²) in [5, 5.41) is 3.58. The summed E-state index contributed by atoms with van der Waals surface area (Å²) in [7, 11) is 0. The predicted molar refractivity (Wildman–Crippen MR) is 84.8 cm³/mol. The number of nitrogens with one attached hydrogen (secondary N) is 1. The largest absolute Gasteiger partial charge is 0.468 e. The quantitative estimate of drug-likeness (QED) is 0.803. The van der Waals surface area contributed by atoms with Crippen LogP contribution in [0.4, 0.5) is 0 Å². The summed E-state index contributed by atoms with van der Waals surface area (Å²) >= 11 is 0. The Balaban J connectivity index is 1.57. The van der Waals surface area contributed by atoms with Crippen molar-refractivity contribution in [2.24, 2.45) is 0 Å². The third-order valence-corrected chi connectivity index (χ3v) is 3.98. The van der Waals surface area contributed by atoms with Crippen LogP contribution in [-0.4, -0.2) is 17.5 Å². The average molecular weight is 284 g/mol. The van der Waals surface area contributed by atoms with E-state index in [9.17, 15) is 0 Å². The smallest absolute Gasteiger partial charge is 0.117 e. The Morgan fingerprint density at radius 2 is 2.00 bits per heavy atom. The summed E-state index contributed by atoms with van der Waals surface area (Å²) in [6, 6.07) is 13.7. The number of furan rings is 1. The van der Waals surface area contributed by atoms with E-state index in [0.717, 1.165) is 38.0 Å². The van der Waals surface area contributed by atoms with Gasteiger partial charge in [-0.25, -0.2) is 0 Å². The van der Waals surface area contributed by atoms with Gasteiger partial charge in [0.25, 0.3) is 0 Å². The van der Waals surface area contributed by atoms with Crippen molar-refractivity contribution in [3.8, 4) is 0 Å². The van der Waals surface area contributed by atoms with E-state index in [1.807, 2.05) is 12.1 Å². The molecule has 0 spiro atoms. The molecule has 2 aromatic rings. The van der Waals surface area contributed by atoms with Crippen molar-refractivity contribution in [2.75, 3.05) is 6.54 Å². The Hall–Kier alpha value is -1.58. The van der Waals surface area contributed by atoms with Crippen LogP contribution in [0.5, 0.6) is 0 Å². The van der Waals surface area contributed by atoms with Crippen LogP contribution in [0.1, 0.15) is 36.7 Å². The minimum atomic E-state index is 0.764. The highest BCUT2D eigenvalue weighted by Gasteiger charge is 2.19. The molecule has 112 valence electrons. The molecule has 0 saturated heterocycles. The van der Waals surface area contributed by atoms with Crippen LogP contribution in [0.2, 0.25) is 0 Å². The summed E-state index contributed by atoms with van der Waals surface area (Å²) in [4.78, 5) is 2.40. The fourth-order valence-corrected chi connectivity index (χ4v) is 2.55. The van der Waals surface area contributed by atoms with Crippen LogP contribution in [0.3, 0.4) is 0 Å². The number of benzene rings is 1. The number of hydrogen-bond donors (Lipinski definition) is 1. The maximum absolute atomic E-state index is 5.45. The molecule has 1 saturated carbocycles. The number of hydrogen-bond acceptors (Lipinski definition) is 3. The fraction of sp³-hybridized carbons (Fsp3) is 0.444. The average Bonchev–Trinajstić information content (AvgIpc) is 3.20. The maximum Gasteiger partial charge on any atom is 0.117 e. The van der Waals surface area contributed by atoms with Crippen molar-refractivity contribution >= 4 is 0 Å². The van der Waals surface area contributed by atoms with Crippen LogP contribution in [-0.2, 0) is 19.6 Å². The van der Waals surface area contributed by atoms with E-state index in [1.165, 1.54) is 24.0 Å². The molecule has 0 radical (unpaired) electrons. The van der Waals surface area contributed by atoms with Gasteiger partial charge in [0.2, 0.25) is 0 Å². The normalized spacial score (nSPS) is 14.8. The molecule has 1 N–H and O–H groups in total. The van der Waals surface area contributed by atoms with Gasteiger partial charge in [-0.15, -0.1) is 0 Å². The van der Waals surface area contributed by atoms with E-state index in [2.05, 4.69) is 41.4 Å². The van der Waals surface area contributed by atoms with Gasteiger partial charge in [-0.3, -0.25) is 4.90 Å². The lowest BCUT2D eigenvalue weighted by Crippen LogP contribution is -2.22. The Morgan fingerprint density at radius 1 is 1.14 bits per heavy atom. The molecule has 0 unspecified atom stereocenters. The highest BCUT2D eigenvalue weighted by molar-refractivity contribution is 5.23. The van der Waals surface area contributed by atoms with Crippen molar-refractivity contribution in [2.45, 2.75) is 45.4 Å². The molecule has 1 fully saturated rings. The van der Waals surface area contributed by atoms with Gasteiger partial charge < -0.3 is 9.73 Å². The first-order valence-electron chi connectivity index (χ1n) is 7.89. The minimum absolute atomic E-state index is 0.764. The van der Waals surface area contributed by atoms with Crippen molar-refractivity contribution in [1.82, 2.24) is 10.2 Å². The van der Waals surface area contributed by atoms with Crippen LogP contribution >= 0.6 is 0 Å². The zero-order chi connectivity index (χ0) is 14.5. The minimum Gasteiger partial charge on any atom is -0.468 e. The van der Waals surface area contributed by atoms with E-state index in [4.69, 9.17) is 4.42 Å². The Kier molecular flexibility index (Phi) is 4.73. The number of nitrogens with zero attached hydrogens (tertiary/aromatic N) is 1. The van der Waals surface area contributed by atoms with E-state index in [-0.39, 0.29) is 0 Å². The first-order chi connectivity index (χ1) is 10.3. The molecule has 3 nitrogen and oxygen atoms in total. The predicted octanol–water partition coefficient (Wildman–Crippen LogP) is 3.55. The SMILES string of the molecule is CCN(Cc1cccc(CNC2CC2)c1)Cc1ccco1. The monoisotopic (exact) mass is 284 g/mol. The van der Waals surface area contributed by atoms with Crippen LogP contribution in [0.15, 0.2) is 47.1 Å². The van der Waals surface area contributed by atoms with Gasteiger partial charge in [-0.05, 0) is 42.6 Å². The Morgan fingerprint density at radius 3 is 2.71 bits per heavy atom. The first kappa shape index (κ1) is 14.4. The molecule has 1 aliphatic carbocycles. The Bertz CT molecular complexity index is 546. The van der Waals surface area contributed by atoms with Gasteiger partial charge in [-0.2, -0.15) is 0 Å². The molecule has 0 amide bonds. The molecule has 1 aliphatic rings. The van der Waals surface area contributed by atoms with Gasteiger partial charge >= 0.3 is 0 Å². The van der Waals surface area contributed by atoms with E-state index in [1.54, 1.807) is 6.26 Å². The summed E-state index contributed by atoms with van der Waals surface area (Å²) in [5.41, 5.74) is 2.76. The molecule has 0 atom stereocenters. The van der Waals surface area contributed by atoms with Gasteiger partial charge in [0.1, 0.15) is 5.76 Å². The lowest BCUT2D eigenvalue weighted by atomic mass is 10.1. The second-order valence-corrected chi connectivity index (χ2v) is 5.86. The summed E-state index contributed by atoms with van der Waals surface area (Å²) in [6.45, 7) is 6.04. The molecule has 21 heavy (non-hydrogen) atoms. The lowest BCUT2D eigenvalue weighted by Gasteiger charge is -2.19. The van der Waals surface area contributed by atoms with Crippen LogP contribution < -0.4 is 5.32 Å². The van der Waals surface area contributed by atoms with E-state index >= 15 is 0 Å². The summed E-state index contributed by atoms with van der Waals surface area (Å²) in [6.07, 6.45) is 4.42. The lowest BCUT2D eigenvalue weighted by molar-refractivity contribution is 0.248. The van der Waals surface area contributed by atoms with E-state index in [0.29, 0.717) is 0 Å². The standard InChI is InChI=1S/C18H24N2O/c1-2-20(14-18-7-4-10-21-18)13-16-6-3-5-15(11-16)12-19-17-8-9-17/h3-7,10-11,17,19H,2,8-9,12-14H2,1H3. The third-order valence-electron chi connectivity index (χ3n) is 3.98. The van der Waals surface area contributed by atoms with Gasteiger partial charge in [-0.1, -0.05) is 31.2 Å². The van der Waals surface area contributed by atoms with Gasteiger partial charge in [0, 0.05) is 19.1 Å². The summed E-state index contributed by atoms with van der Waals surface area (Å²) < 4.78 is 5.45. The molecule has 3 heteroatoms. The highest BCUT2D eigenvalue weighted by atomic mass is 16.3. The topological polar surface area (TPSA) is 28.4 Å². The van der Waals surface area contributed by atoms with Crippen LogP contribution in [0.25, 0.3) is 0 Å². The molecular formula is C18H24N2O. The molecule has 0 bridgehead atoms. The second kappa shape index (κ2) is 6.92. The zero-order valence-electron chi connectivity index (χ0n) is 12.7. The summed E-state index contributed by atoms with van der Waals surface area (Å²) in [5.74, 6) is 1.03. The van der Waals surface area contributed by atoms with Gasteiger partial charge in [0.15, 0.2) is 0 Å². The van der Waals surface area contributed by atoms with Gasteiger partial charge in [0.05, 0.1) is 12.8 Å². The third kappa shape index (κ3) is 4.45. The Labute approximate surface area is 127 Å². The van der Waals surface area contributed by atoms with Crippen molar-refractivity contribution in [3.63, 3.8) is 0 Å². The van der Waals surface area contributed by atoms with Crippen molar-refractivity contribution in [1.29, 1.82) is 0 Å². The molecular weight excluding hydrogens is 260 g/mol. The molecule has 1 aromatic heterocycles. The second-order valence-electron chi connectivity index (χ2n) is 5.86. The molecule has 0 aliphatic heterocycles. The maximum atomic E-state index is 5.45. The zero-order valence-corrected chi connectivity index (χ0v) is 12.7.